The fraction of sp³-hybridized carbons (Fsp3) is 0.692. The van der Waals surface area contributed by atoms with Gasteiger partial charge in [0.1, 0.15) is 12.4 Å². The van der Waals surface area contributed by atoms with Crippen molar-refractivity contribution >= 4 is 11.9 Å². The second-order valence-corrected chi connectivity index (χ2v) is 9.50. The van der Waals surface area contributed by atoms with Crippen molar-refractivity contribution < 1.29 is 48.4 Å². The van der Waals surface area contributed by atoms with Crippen molar-refractivity contribution in [1.29, 1.82) is 0 Å². The summed E-state index contributed by atoms with van der Waals surface area (Å²) in [7, 11) is 0. The molecule has 0 fully saturated rings. The summed E-state index contributed by atoms with van der Waals surface area (Å²) in [6.45, 7) is 8.32. The Labute approximate surface area is 239 Å². The highest BCUT2D eigenvalue weighted by Gasteiger charge is 2.25. The highest BCUT2D eigenvalue weighted by molar-refractivity contribution is 5.76. The Morgan fingerprint density at radius 1 is 0.878 bits per heavy atom. The number of carbonyl (C=O) groups excluding carboxylic acids is 2. The number of nitrogens with zero attached hydrogens (tertiary/aromatic N) is 3. The van der Waals surface area contributed by atoms with Gasteiger partial charge in [0.2, 0.25) is 5.91 Å². The quantitative estimate of drug-likeness (QED) is 0.0791. The van der Waals surface area contributed by atoms with Crippen molar-refractivity contribution in [2.24, 2.45) is 0 Å². The van der Waals surface area contributed by atoms with Crippen LogP contribution >= 0.6 is 0 Å². The molecule has 41 heavy (non-hydrogen) atoms. The van der Waals surface area contributed by atoms with E-state index < -0.39 is 22.2 Å². The second kappa shape index (κ2) is 20.2. The first-order valence-corrected chi connectivity index (χ1v) is 13.4. The van der Waals surface area contributed by atoms with Crippen LogP contribution in [-0.4, -0.2) is 84.8 Å². The minimum absolute atomic E-state index is 0.00109. The fourth-order valence-electron chi connectivity index (χ4n) is 3.45. The predicted molar refractivity (Wildman–Crippen MR) is 144 cm³/mol. The monoisotopic (exact) mass is 587 g/mol. The number of carbonyl (C=O) groups is 2. The largest absolute Gasteiger partial charge is 0.490 e. The van der Waals surface area contributed by atoms with Crippen LogP contribution in [0.25, 0.3) is 0 Å². The first kappa shape index (κ1) is 35.3. The molecule has 0 N–H and O–H groups in total. The third kappa shape index (κ3) is 17.6. The van der Waals surface area contributed by atoms with Gasteiger partial charge in [0.15, 0.2) is 6.10 Å². The van der Waals surface area contributed by atoms with Gasteiger partial charge in [-0.1, -0.05) is 12.1 Å². The standard InChI is InChI=1S/C26H41N3O12/c1-20(2)27(25(30)7-5-13-39-28(32)33)17-24(41-26(31)8-6-14-40-29(34)35)19-38-23-11-9-22(10-12-23)18-36-15-16-37-21(3)4/h9-12,20-21,24H,5-8,13-19H2,1-4H3. The zero-order valence-electron chi connectivity index (χ0n) is 24.1. The van der Waals surface area contributed by atoms with E-state index in [0.29, 0.717) is 25.6 Å². The average molecular weight is 588 g/mol. The summed E-state index contributed by atoms with van der Waals surface area (Å²) in [4.78, 5) is 55.8. The van der Waals surface area contributed by atoms with Gasteiger partial charge in [0, 0.05) is 18.9 Å². The molecular weight excluding hydrogens is 546 g/mol. The van der Waals surface area contributed by atoms with Crippen LogP contribution in [0, 0.1) is 20.2 Å². The SMILES string of the molecule is CC(C)OCCOCc1ccc(OCC(CN(C(=O)CCCO[N+](=O)[O-])C(C)C)OC(=O)CCCO[N+](=O)[O-])cc1. The molecule has 0 saturated heterocycles. The number of hydrogen-bond acceptors (Lipinski definition) is 12. The number of ether oxygens (including phenoxy) is 4. The van der Waals surface area contributed by atoms with E-state index in [1.54, 1.807) is 26.0 Å². The molecule has 0 aromatic heterocycles. The number of hydrogen-bond donors (Lipinski definition) is 0. The fourth-order valence-corrected chi connectivity index (χ4v) is 3.45. The molecule has 0 heterocycles. The number of amides is 1. The molecule has 1 unspecified atom stereocenters. The Kier molecular flexibility index (Phi) is 17.4. The van der Waals surface area contributed by atoms with Crippen molar-refractivity contribution in [3.63, 3.8) is 0 Å². The van der Waals surface area contributed by atoms with Crippen LogP contribution in [0.4, 0.5) is 0 Å². The maximum atomic E-state index is 12.8. The summed E-state index contributed by atoms with van der Waals surface area (Å²) in [6.07, 6.45) is -0.634. The zero-order chi connectivity index (χ0) is 30.6. The van der Waals surface area contributed by atoms with Crippen LogP contribution in [-0.2, 0) is 40.1 Å². The van der Waals surface area contributed by atoms with Gasteiger partial charge < -0.3 is 33.5 Å². The number of esters is 1. The van der Waals surface area contributed by atoms with E-state index in [2.05, 4.69) is 9.68 Å². The Morgan fingerprint density at radius 3 is 2.05 bits per heavy atom. The normalized spacial score (nSPS) is 11.7. The number of benzene rings is 1. The summed E-state index contributed by atoms with van der Waals surface area (Å²) in [5.41, 5.74) is 0.930. The molecule has 15 nitrogen and oxygen atoms in total. The third-order valence-corrected chi connectivity index (χ3v) is 5.40. The molecule has 0 saturated carbocycles. The summed E-state index contributed by atoms with van der Waals surface area (Å²) in [5.74, 6) is -0.415. The topological polar surface area (TPSA) is 179 Å². The lowest BCUT2D eigenvalue weighted by Crippen LogP contribution is -2.45. The third-order valence-electron chi connectivity index (χ3n) is 5.40. The molecular formula is C26H41N3O12. The molecule has 0 aliphatic carbocycles. The Hall–Kier alpha value is -3.72. The summed E-state index contributed by atoms with van der Waals surface area (Å²) >= 11 is 0. The molecule has 0 bridgehead atoms. The molecule has 0 radical (unpaired) electrons. The molecule has 0 spiro atoms. The van der Waals surface area contributed by atoms with Crippen LogP contribution in [0.5, 0.6) is 5.75 Å². The van der Waals surface area contributed by atoms with Crippen molar-refractivity contribution in [2.45, 2.75) is 78.2 Å². The maximum Gasteiger partial charge on any atom is 0.306 e. The Morgan fingerprint density at radius 2 is 1.49 bits per heavy atom. The summed E-state index contributed by atoms with van der Waals surface area (Å²) in [5, 5.41) is 18.8. The van der Waals surface area contributed by atoms with Crippen LogP contribution in [0.2, 0.25) is 0 Å². The van der Waals surface area contributed by atoms with Crippen molar-refractivity contribution in [3.05, 3.63) is 50.1 Å². The molecule has 15 heteroatoms. The molecule has 0 aliphatic heterocycles. The smallest absolute Gasteiger partial charge is 0.306 e. The minimum atomic E-state index is -0.941. The maximum absolute atomic E-state index is 12.8. The van der Waals surface area contributed by atoms with Crippen LogP contribution in [0.15, 0.2) is 24.3 Å². The zero-order valence-corrected chi connectivity index (χ0v) is 24.1. The molecule has 232 valence electrons. The predicted octanol–water partition coefficient (Wildman–Crippen LogP) is 3.13. The lowest BCUT2D eigenvalue weighted by molar-refractivity contribution is -0.757. The Bertz CT molecular complexity index is 927. The lowest BCUT2D eigenvalue weighted by Gasteiger charge is -2.31. The average Bonchev–Trinajstić information content (AvgIpc) is 2.90. The number of rotatable bonds is 23. The van der Waals surface area contributed by atoms with Crippen LogP contribution in [0.1, 0.15) is 58.9 Å². The Balaban J connectivity index is 2.76. The van der Waals surface area contributed by atoms with Gasteiger partial charge in [-0.25, -0.2) is 0 Å². The molecule has 0 aliphatic rings. The van der Waals surface area contributed by atoms with E-state index in [0.717, 1.165) is 5.56 Å². The van der Waals surface area contributed by atoms with Crippen molar-refractivity contribution in [3.8, 4) is 5.75 Å². The van der Waals surface area contributed by atoms with Gasteiger partial charge in [-0.15, -0.1) is 20.2 Å². The van der Waals surface area contributed by atoms with E-state index >= 15 is 0 Å². The first-order chi connectivity index (χ1) is 19.5. The van der Waals surface area contributed by atoms with Gasteiger partial charge in [0.25, 0.3) is 10.2 Å². The highest BCUT2D eigenvalue weighted by atomic mass is 17.0. The van der Waals surface area contributed by atoms with Crippen molar-refractivity contribution in [1.82, 2.24) is 4.90 Å². The van der Waals surface area contributed by atoms with E-state index in [4.69, 9.17) is 18.9 Å². The minimum Gasteiger partial charge on any atom is -0.490 e. The summed E-state index contributed by atoms with van der Waals surface area (Å²) < 4.78 is 22.4. The molecule has 1 atom stereocenters. The van der Waals surface area contributed by atoms with E-state index in [-0.39, 0.29) is 70.1 Å². The highest BCUT2D eigenvalue weighted by Crippen LogP contribution is 2.15. The van der Waals surface area contributed by atoms with Crippen LogP contribution < -0.4 is 4.74 Å². The van der Waals surface area contributed by atoms with Gasteiger partial charge in [-0.2, -0.15) is 0 Å². The first-order valence-electron chi connectivity index (χ1n) is 13.4. The van der Waals surface area contributed by atoms with E-state index in [1.807, 2.05) is 26.0 Å². The van der Waals surface area contributed by atoms with Gasteiger partial charge in [-0.05, 0) is 58.2 Å². The van der Waals surface area contributed by atoms with Gasteiger partial charge >= 0.3 is 5.97 Å². The van der Waals surface area contributed by atoms with Gasteiger partial charge in [0.05, 0.1) is 45.7 Å². The van der Waals surface area contributed by atoms with Crippen LogP contribution in [0.3, 0.4) is 0 Å². The van der Waals surface area contributed by atoms with Crippen molar-refractivity contribution in [2.75, 3.05) is 39.6 Å². The summed E-state index contributed by atoms with van der Waals surface area (Å²) in [6, 6.07) is 6.91. The molecule has 1 aromatic carbocycles. The van der Waals surface area contributed by atoms with Gasteiger partial charge in [-0.3, -0.25) is 9.59 Å². The van der Waals surface area contributed by atoms with E-state index in [9.17, 15) is 29.8 Å². The van der Waals surface area contributed by atoms with E-state index in [1.165, 1.54) is 4.90 Å². The second-order valence-electron chi connectivity index (χ2n) is 9.50. The molecule has 1 amide bonds. The lowest BCUT2D eigenvalue weighted by atomic mass is 10.2. The molecule has 1 aromatic rings. The molecule has 1 rings (SSSR count).